The first kappa shape index (κ1) is 15.3. The standard InChI is InChI=1S/C18H21FN4O/c1-21-4-6-22(7-5-21)17-9-16-14(8-15(17)19)18(24)12(10-20)11-23(16)13-2-3-13/h8-11,13,20H,2-7H2,1H3/p+1. The number of fused-ring (bicyclic) bond motifs is 1. The van der Waals surface area contributed by atoms with Crippen LogP contribution in [0.25, 0.3) is 10.9 Å². The molecule has 1 aromatic carbocycles. The van der Waals surface area contributed by atoms with E-state index in [0.29, 0.717) is 22.7 Å². The minimum Gasteiger partial charge on any atom is -0.367 e. The Balaban J connectivity index is 1.88. The van der Waals surface area contributed by atoms with E-state index in [4.69, 9.17) is 5.41 Å². The van der Waals surface area contributed by atoms with E-state index in [2.05, 4.69) is 21.4 Å². The molecule has 1 saturated heterocycles. The molecule has 2 aliphatic rings. The van der Waals surface area contributed by atoms with Gasteiger partial charge in [-0.2, -0.15) is 0 Å². The van der Waals surface area contributed by atoms with E-state index in [1.165, 1.54) is 12.3 Å². The molecule has 0 spiro atoms. The molecule has 6 heteroatoms. The number of piperazine rings is 1. The molecule has 5 nitrogen and oxygen atoms in total. The predicted octanol–water partition coefficient (Wildman–Crippen LogP) is 0.405. The summed E-state index contributed by atoms with van der Waals surface area (Å²) in [6.45, 7) is 3.41. The van der Waals surface area contributed by atoms with Crippen LogP contribution >= 0.6 is 0 Å². The fraction of sp³-hybridized carbons (Fsp3) is 0.444. The van der Waals surface area contributed by atoms with Crippen LogP contribution in [-0.4, -0.2) is 48.9 Å². The molecule has 1 aliphatic carbocycles. The van der Waals surface area contributed by atoms with Gasteiger partial charge in [0.05, 0.1) is 11.2 Å². The van der Waals surface area contributed by atoms with E-state index in [9.17, 15) is 9.18 Å². The van der Waals surface area contributed by atoms with Crippen molar-refractivity contribution >= 4 is 22.8 Å². The summed E-state index contributed by atoms with van der Waals surface area (Å²) in [7, 11) is 2.07. The van der Waals surface area contributed by atoms with Crippen LogP contribution in [0.15, 0.2) is 23.1 Å². The SMILES string of the molecule is CN1CCN(c2cc3c(cc2F)c(=O)c(C=[NH2+])cn3C2CC2)CC1. The third-order valence-electron chi connectivity index (χ3n) is 5.09. The first-order valence-electron chi connectivity index (χ1n) is 8.45. The number of aromatic nitrogens is 1. The van der Waals surface area contributed by atoms with E-state index >= 15 is 0 Å². The molecule has 0 amide bonds. The number of hydrogen-bond donors (Lipinski definition) is 1. The second-order valence-electron chi connectivity index (χ2n) is 6.83. The molecule has 1 saturated carbocycles. The Morgan fingerprint density at radius 1 is 1.21 bits per heavy atom. The molecular weight excluding hydrogens is 307 g/mol. The van der Waals surface area contributed by atoms with Gasteiger partial charge in [-0.25, -0.2) is 4.39 Å². The zero-order valence-electron chi connectivity index (χ0n) is 13.8. The average molecular weight is 329 g/mol. The van der Waals surface area contributed by atoms with Crippen molar-refractivity contribution in [2.45, 2.75) is 18.9 Å². The Morgan fingerprint density at radius 3 is 2.54 bits per heavy atom. The number of benzene rings is 1. The molecule has 2 heterocycles. The van der Waals surface area contributed by atoms with Crippen LogP contribution in [-0.2, 0) is 0 Å². The summed E-state index contributed by atoms with van der Waals surface area (Å²) in [6.07, 6.45) is 5.30. The molecular formula is C18H22FN4O+. The van der Waals surface area contributed by atoms with E-state index in [-0.39, 0.29) is 11.2 Å². The maximum Gasteiger partial charge on any atom is 0.202 e. The van der Waals surface area contributed by atoms with Crippen molar-refractivity contribution in [3.05, 3.63) is 39.9 Å². The highest BCUT2D eigenvalue weighted by atomic mass is 19.1. The molecule has 0 unspecified atom stereocenters. The molecule has 126 valence electrons. The Morgan fingerprint density at radius 2 is 1.92 bits per heavy atom. The Kier molecular flexibility index (Phi) is 3.64. The van der Waals surface area contributed by atoms with E-state index in [1.54, 1.807) is 0 Å². The predicted molar refractivity (Wildman–Crippen MR) is 93.2 cm³/mol. The molecule has 2 aromatic rings. The second kappa shape index (κ2) is 5.70. The third kappa shape index (κ3) is 2.51. The van der Waals surface area contributed by atoms with E-state index < -0.39 is 0 Å². The highest BCUT2D eigenvalue weighted by Gasteiger charge is 2.27. The maximum atomic E-state index is 14.7. The van der Waals surface area contributed by atoms with Crippen molar-refractivity contribution in [3.63, 3.8) is 0 Å². The number of pyridine rings is 1. The van der Waals surface area contributed by atoms with Gasteiger partial charge in [0.2, 0.25) is 5.43 Å². The third-order valence-corrected chi connectivity index (χ3v) is 5.09. The lowest BCUT2D eigenvalue weighted by Crippen LogP contribution is -2.44. The van der Waals surface area contributed by atoms with Gasteiger partial charge < -0.3 is 14.4 Å². The molecule has 24 heavy (non-hydrogen) atoms. The Labute approximate surface area is 139 Å². The summed E-state index contributed by atoms with van der Waals surface area (Å²) in [5.41, 5.74) is 1.63. The van der Waals surface area contributed by atoms with Crippen LogP contribution in [0.1, 0.15) is 24.4 Å². The first-order chi connectivity index (χ1) is 11.6. The average Bonchev–Trinajstić information content (AvgIpc) is 3.41. The summed E-state index contributed by atoms with van der Waals surface area (Å²) < 4.78 is 16.8. The maximum absolute atomic E-state index is 14.7. The normalized spacial score (nSPS) is 19.0. The van der Waals surface area contributed by atoms with Gasteiger partial charge in [-0.3, -0.25) is 10.2 Å². The fourth-order valence-electron chi connectivity index (χ4n) is 3.44. The van der Waals surface area contributed by atoms with Crippen LogP contribution in [0.3, 0.4) is 0 Å². The highest BCUT2D eigenvalue weighted by Crippen LogP contribution is 2.38. The van der Waals surface area contributed by atoms with E-state index in [0.717, 1.165) is 44.5 Å². The van der Waals surface area contributed by atoms with Gasteiger partial charge in [0.25, 0.3) is 0 Å². The van der Waals surface area contributed by atoms with Crippen LogP contribution in [0, 0.1) is 5.82 Å². The number of likely N-dealkylation sites (N-methyl/N-ethyl adjacent to an activating group) is 1. The van der Waals surface area contributed by atoms with Gasteiger partial charge in [0, 0.05) is 43.8 Å². The number of halogens is 1. The Bertz CT molecular complexity index is 863. The number of rotatable bonds is 3. The number of anilines is 1. The topological polar surface area (TPSA) is 54.1 Å². The highest BCUT2D eigenvalue weighted by molar-refractivity contribution is 5.88. The van der Waals surface area contributed by atoms with Crippen LogP contribution in [0.4, 0.5) is 10.1 Å². The smallest absolute Gasteiger partial charge is 0.202 e. The lowest BCUT2D eigenvalue weighted by atomic mass is 10.1. The van der Waals surface area contributed by atoms with Crippen LogP contribution < -0.4 is 15.7 Å². The second-order valence-corrected chi connectivity index (χ2v) is 6.83. The molecule has 0 atom stereocenters. The van der Waals surface area contributed by atoms with Gasteiger partial charge in [0.15, 0.2) is 6.21 Å². The van der Waals surface area contributed by atoms with E-state index in [1.807, 2.05) is 12.3 Å². The van der Waals surface area contributed by atoms with Gasteiger partial charge in [-0.1, -0.05) is 0 Å². The van der Waals surface area contributed by atoms with Crippen molar-refractivity contribution in [3.8, 4) is 0 Å². The van der Waals surface area contributed by atoms with Gasteiger partial charge in [0.1, 0.15) is 11.4 Å². The largest absolute Gasteiger partial charge is 0.367 e. The van der Waals surface area contributed by atoms with Crippen molar-refractivity contribution < 1.29 is 9.80 Å². The molecule has 1 aromatic heterocycles. The van der Waals surface area contributed by atoms with Crippen LogP contribution in [0.2, 0.25) is 0 Å². The summed E-state index contributed by atoms with van der Waals surface area (Å²) in [6, 6.07) is 3.62. The molecule has 4 rings (SSSR count). The summed E-state index contributed by atoms with van der Waals surface area (Å²) in [5, 5.41) is 6.00. The molecule has 1 aliphatic heterocycles. The summed E-state index contributed by atoms with van der Waals surface area (Å²) >= 11 is 0. The molecule has 0 radical (unpaired) electrons. The summed E-state index contributed by atoms with van der Waals surface area (Å²) in [4.78, 5) is 16.8. The fourth-order valence-corrected chi connectivity index (χ4v) is 3.44. The van der Waals surface area contributed by atoms with Gasteiger partial charge in [-0.15, -0.1) is 0 Å². The lowest BCUT2D eigenvalue weighted by Gasteiger charge is -2.34. The van der Waals surface area contributed by atoms with Gasteiger partial charge >= 0.3 is 0 Å². The number of nitrogens with two attached hydrogens (primary N) is 1. The molecule has 0 bridgehead atoms. The zero-order chi connectivity index (χ0) is 16.8. The molecule has 2 N–H and O–H groups in total. The molecule has 2 fully saturated rings. The first-order valence-corrected chi connectivity index (χ1v) is 8.45. The van der Waals surface area contributed by atoms with Gasteiger partial charge in [-0.05, 0) is 32.0 Å². The lowest BCUT2D eigenvalue weighted by molar-refractivity contribution is -0.104. The van der Waals surface area contributed by atoms with Crippen molar-refractivity contribution in [2.75, 3.05) is 38.1 Å². The minimum atomic E-state index is -0.333. The van der Waals surface area contributed by atoms with Crippen molar-refractivity contribution in [2.24, 2.45) is 0 Å². The minimum absolute atomic E-state index is 0.201. The number of hydrogen-bond acceptors (Lipinski definition) is 3. The van der Waals surface area contributed by atoms with Crippen molar-refractivity contribution in [1.29, 1.82) is 0 Å². The monoisotopic (exact) mass is 329 g/mol. The zero-order valence-corrected chi connectivity index (χ0v) is 13.8. The van der Waals surface area contributed by atoms with Crippen molar-refractivity contribution in [1.82, 2.24) is 9.47 Å². The summed E-state index contributed by atoms with van der Waals surface area (Å²) in [5.74, 6) is -0.333. The number of nitrogens with zero attached hydrogens (tertiary/aromatic N) is 3. The Hall–Kier alpha value is -2.21. The quantitative estimate of drug-likeness (QED) is 0.830. The van der Waals surface area contributed by atoms with Crippen LogP contribution in [0.5, 0.6) is 0 Å².